The van der Waals surface area contributed by atoms with E-state index in [1.54, 1.807) is 0 Å². The summed E-state index contributed by atoms with van der Waals surface area (Å²) in [5.41, 5.74) is 23.9. The normalized spacial score (nSPS) is 17.6. The van der Waals surface area contributed by atoms with Gasteiger partial charge >= 0.3 is 6.85 Å². The molecule has 0 amide bonds. The zero-order valence-corrected chi connectivity index (χ0v) is 42.3. The molecule has 2 nitrogen and oxygen atoms in total. The van der Waals surface area contributed by atoms with Gasteiger partial charge in [-0.3, -0.25) is 0 Å². The lowest BCUT2D eigenvalue weighted by Gasteiger charge is -2.46. The van der Waals surface area contributed by atoms with E-state index in [9.17, 15) is 0 Å². The third-order valence-corrected chi connectivity index (χ3v) is 17.9. The summed E-state index contributed by atoms with van der Waals surface area (Å²) >= 11 is 2.03. The smallest absolute Gasteiger partial charge is 0.343 e. The van der Waals surface area contributed by atoms with Gasteiger partial charge in [-0.2, -0.15) is 0 Å². The van der Waals surface area contributed by atoms with Crippen LogP contribution in [0.3, 0.4) is 0 Å². The molecule has 328 valence electrons. The van der Waals surface area contributed by atoms with Crippen LogP contribution in [0.1, 0.15) is 156 Å². The predicted molar refractivity (Wildman–Crippen MR) is 284 cm³/mol. The van der Waals surface area contributed by atoms with Crippen LogP contribution in [-0.4, -0.2) is 11.4 Å². The van der Waals surface area contributed by atoms with Gasteiger partial charge in [-0.1, -0.05) is 152 Å². The zero-order valence-electron chi connectivity index (χ0n) is 41.5. The van der Waals surface area contributed by atoms with Crippen molar-refractivity contribution >= 4 is 71.7 Å². The second-order valence-corrected chi connectivity index (χ2v) is 26.4. The van der Waals surface area contributed by atoms with Crippen molar-refractivity contribution in [1.29, 1.82) is 0 Å². The lowest BCUT2D eigenvalue weighted by Crippen LogP contribution is -2.60. The van der Waals surface area contributed by atoms with Crippen LogP contribution < -0.4 is 15.1 Å². The van der Waals surface area contributed by atoms with E-state index in [2.05, 4.69) is 210 Å². The Hall–Kier alpha value is -5.06. The molecule has 4 heterocycles. The van der Waals surface area contributed by atoms with Crippen molar-refractivity contribution in [1.82, 2.24) is 4.57 Å². The Labute approximate surface area is 392 Å². The van der Waals surface area contributed by atoms with E-state index in [1.165, 1.54) is 133 Å². The van der Waals surface area contributed by atoms with Crippen molar-refractivity contribution < 1.29 is 0 Å². The Balaban J connectivity index is 1.35. The number of anilines is 2. The lowest BCUT2D eigenvalue weighted by atomic mass is 9.46. The monoisotopic (exact) mass is 868 g/mol. The van der Waals surface area contributed by atoms with Gasteiger partial charge in [0, 0.05) is 48.0 Å². The standard InChI is InChI=1S/C61H65BN2S/c1-56(2,3)34-20-24-37(25-21-34)64-46-33-44-43(59(10,11)28-29-60(44,12)13)32-40(46)49-48-38-18-16-17-19-42(38)61(14,15)51(48)50-39-30-35(57(4,5)6)22-26-45(39)63-53-41-31-36(58(7,8)9)23-27-47(41)65-55(53)62(64)52(49)54(50)63/h16-27,30-33H,28-29H2,1-15H3. The average molecular weight is 869 g/mol. The van der Waals surface area contributed by atoms with Crippen molar-refractivity contribution in [2.45, 2.75) is 149 Å². The first-order chi connectivity index (χ1) is 30.4. The fraction of sp³-hybridized carbons (Fsp3) is 0.377. The summed E-state index contributed by atoms with van der Waals surface area (Å²) in [7, 11) is 0. The molecule has 0 N–H and O–H groups in total. The van der Waals surface area contributed by atoms with Crippen LogP contribution in [0.5, 0.6) is 0 Å². The minimum Gasteiger partial charge on any atom is -0.376 e. The van der Waals surface area contributed by atoms with E-state index in [1.807, 2.05) is 11.3 Å². The summed E-state index contributed by atoms with van der Waals surface area (Å²) in [6, 6.07) is 39.4. The Kier molecular flexibility index (Phi) is 8.07. The highest BCUT2D eigenvalue weighted by molar-refractivity contribution is 7.32. The first kappa shape index (κ1) is 41.4. The molecule has 0 saturated carbocycles. The molecule has 2 aliphatic carbocycles. The van der Waals surface area contributed by atoms with E-state index < -0.39 is 0 Å². The van der Waals surface area contributed by atoms with Gasteiger partial charge in [-0.05, 0) is 150 Å². The molecular formula is C61H65BN2S. The number of aromatic nitrogens is 1. The molecular weight excluding hydrogens is 804 g/mol. The molecule has 65 heavy (non-hydrogen) atoms. The maximum absolute atomic E-state index is 2.81. The Morgan fingerprint density at radius 2 is 1.15 bits per heavy atom. The predicted octanol–water partition coefficient (Wildman–Crippen LogP) is 15.8. The highest BCUT2D eigenvalue weighted by Crippen LogP contribution is 2.61. The maximum atomic E-state index is 2.81. The van der Waals surface area contributed by atoms with Crippen LogP contribution in [0, 0.1) is 0 Å². The highest BCUT2D eigenvalue weighted by atomic mass is 32.1. The summed E-state index contributed by atoms with van der Waals surface area (Å²) in [5, 5.41) is 4.19. The zero-order chi connectivity index (χ0) is 45.9. The Morgan fingerprint density at radius 1 is 0.569 bits per heavy atom. The number of rotatable bonds is 1. The van der Waals surface area contributed by atoms with E-state index in [4.69, 9.17) is 0 Å². The van der Waals surface area contributed by atoms with Crippen molar-refractivity contribution in [2.24, 2.45) is 0 Å². The van der Waals surface area contributed by atoms with Gasteiger partial charge in [-0.15, -0.1) is 11.3 Å². The Bertz CT molecular complexity index is 3400. The molecule has 2 aromatic heterocycles. The molecule has 0 bridgehead atoms. The maximum Gasteiger partial charge on any atom is 0.343 e. The number of thiophene rings is 1. The molecule has 12 rings (SSSR count). The highest BCUT2D eigenvalue weighted by Gasteiger charge is 2.52. The van der Waals surface area contributed by atoms with E-state index >= 15 is 0 Å². The molecule has 4 aliphatic rings. The summed E-state index contributed by atoms with van der Waals surface area (Å²) in [4.78, 5) is 2.81. The number of nitrogens with zero attached hydrogens (tertiary/aromatic N) is 2. The molecule has 4 heteroatoms. The average Bonchev–Trinajstić information content (AvgIpc) is 3.86. The van der Waals surface area contributed by atoms with Gasteiger partial charge in [-0.25, -0.2) is 0 Å². The van der Waals surface area contributed by atoms with Crippen LogP contribution in [0.4, 0.5) is 11.4 Å². The van der Waals surface area contributed by atoms with Crippen LogP contribution >= 0.6 is 11.3 Å². The van der Waals surface area contributed by atoms with Crippen molar-refractivity contribution in [3.8, 4) is 27.9 Å². The van der Waals surface area contributed by atoms with E-state index in [0.717, 1.165) is 0 Å². The number of fused-ring (bicyclic) bond motifs is 16. The third-order valence-electron chi connectivity index (χ3n) is 16.7. The van der Waals surface area contributed by atoms with Crippen LogP contribution in [0.2, 0.25) is 0 Å². The molecule has 6 aromatic carbocycles. The second kappa shape index (κ2) is 12.7. The number of hydrogen-bond donors (Lipinski definition) is 0. The van der Waals surface area contributed by atoms with Gasteiger partial charge in [0.25, 0.3) is 0 Å². The van der Waals surface area contributed by atoms with Crippen LogP contribution in [-0.2, 0) is 32.5 Å². The fourth-order valence-corrected chi connectivity index (χ4v) is 14.0. The van der Waals surface area contributed by atoms with Gasteiger partial charge in [0.2, 0.25) is 0 Å². The van der Waals surface area contributed by atoms with Gasteiger partial charge in [0.15, 0.2) is 0 Å². The fourth-order valence-electron chi connectivity index (χ4n) is 12.7. The topological polar surface area (TPSA) is 8.17 Å². The minimum atomic E-state index is -0.223. The molecule has 0 radical (unpaired) electrons. The van der Waals surface area contributed by atoms with E-state index in [0.29, 0.717) is 0 Å². The largest absolute Gasteiger partial charge is 0.376 e. The molecule has 0 unspecified atom stereocenters. The summed E-state index contributed by atoms with van der Waals surface area (Å²) in [5.74, 6) is 0. The SMILES string of the molecule is CC(C)(C)c1ccc(N2B3c4sc5ccc(C(C)(C)C)cc5c4-n4c5ccc(C(C)(C)C)cc5c5c6c(c(c3c54)-c3cc4c(cc32)C(C)(C)CCC4(C)C)-c2ccccc2C6(C)C)cc1. The molecule has 0 fully saturated rings. The minimum absolute atomic E-state index is 0.00231. The molecule has 0 spiro atoms. The van der Waals surface area contributed by atoms with Crippen molar-refractivity contribution in [2.75, 3.05) is 4.81 Å². The van der Waals surface area contributed by atoms with E-state index in [-0.39, 0.29) is 39.3 Å². The van der Waals surface area contributed by atoms with Crippen molar-refractivity contribution in [3.05, 3.63) is 136 Å². The molecule has 0 atom stereocenters. The number of hydrogen-bond acceptors (Lipinski definition) is 2. The van der Waals surface area contributed by atoms with Gasteiger partial charge < -0.3 is 9.38 Å². The summed E-state index contributed by atoms with van der Waals surface area (Å²) in [6.07, 6.45) is 2.36. The van der Waals surface area contributed by atoms with Crippen LogP contribution in [0.25, 0.3) is 59.8 Å². The van der Waals surface area contributed by atoms with Crippen LogP contribution in [0.15, 0.2) is 97.1 Å². The first-order valence-corrected chi connectivity index (χ1v) is 25.2. The quantitative estimate of drug-likeness (QED) is 0.149. The Morgan fingerprint density at radius 3 is 1.80 bits per heavy atom. The van der Waals surface area contributed by atoms with Crippen molar-refractivity contribution in [3.63, 3.8) is 0 Å². The summed E-state index contributed by atoms with van der Waals surface area (Å²) in [6.45, 7) is 36.2. The van der Waals surface area contributed by atoms with Gasteiger partial charge in [0.1, 0.15) is 0 Å². The second-order valence-electron chi connectivity index (χ2n) is 25.3. The lowest BCUT2D eigenvalue weighted by molar-refractivity contribution is 0.332. The third kappa shape index (κ3) is 5.47. The summed E-state index contributed by atoms with van der Waals surface area (Å²) < 4.78 is 5.56. The van der Waals surface area contributed by atoms with Gasteiger partial charge in [0.05, 0.1) is 16.7 Å². The molecule has 8 aromatic rings. The molecule has 2 aliphatic heterocycles. The number of benzene rings is 6. The first-order valence-electron chi connectivity index (χ1n) is 24.3. The molecule has 0 saturated heterocycles.